The third-order valence-corrected chi connectivity index (χ3v) is 2.91. The molecule has 20 heavy (non-hydrogen) atoms. The molecule has 0 aliphatic rings. The number of methoxy groups -OCH3 is 1. The molecule has 0 fully saturated rings. The molecular weight excluding hydrogens is 254 g/mol. The number of hydrogen-bond acceptors (Lipinski definition) is 3. The summed E-state index contributed by atoms with van der Waals surface area (Å²) < 4.78 is 5.10. The van der Waals surface area contributed by atoms with Crippen LogP contribution in [0.1, 0.15) is 21.5 Å². The Labute approximate surface area is 118 Å². The van der Waals surface area contributed by atoms with Crippen molar-refractivity contribution in [1.82, 2.24) is 0 Å². The summed E-state index contributed by atoms with van der Waals surface area (Å²) in [7, 11) is 1.67. The highest BCUT2D eigenvalue weighted by Crippen LogP contribution is 2.13. The molecule has 0 aromatic heterocycles. The lowest BCUT2D eigenvalue weighted by atomic mass is 10.1. The SMILES string of the molecule is COCc1cccc(CNc2cccc(C(=O)O)c2)c1. The highest BCUT2D eigenvalue weighted by molar-refractivity contribution is 5.88. The minimum Gasteiger partial charge on any atom is -0.478 e. The summed E-state index contributed by atoms with van der Waals surface area (Å²) >= 11 is 0. The molecule has 0 saturated carbocycles. The quantitative estimate of drug-likeness (QED) is 0.847. The maximum absolute atomic E-state index is 10.9. The first-order valence-corrected chi connectivity index (χ1v) is 6.33. The van der Waals surface area contributed by atoms with Crippen LogP contribution in [-0.2, 0) is 17.9 Å². The van der Waals surface area contributed by atoms with Crippen molar-refractivity contribution in [2.45, 2.75) is 13.2 Å². The van der Waals surface area contributed by atoms with Crippen LogP contribution in [0.3, 0.4) is 0 Å². The molecule has 104 valence electrons. The van der Waals surface area contributed by atoms with Crippen LogP contribution >= 0.6 is 0 Å². The van der Waals surface area contributed by atoms with E-state index >= 15 is 0 Å². The second-order valence-corrected chi connectivity index (χ2v) is 4.49. The minimum atomic E-state index is -0.921. The highest BCUT2D eigenvalue weighted by atomic mass is 16.5. The molecule has 0 bridgehead atoms. The summed E-state index contributed by atoms with van der Waals surface area (Å²) in [6.07, 6.45) is 0. The van der Waals surface area contributed by atoms with Crippen LogP contribution in [0.5, 0.6) is 0 Å². The number of carboxylic acids is 1. The van der Waals surface area contributed by atoms with Gasteiger partial charge in [-0.3, -0.25) is 0 Å². The van der Waals surface area contributed by atoms with E-state index in [2.05, 4.69) is 11.4 Å². The van der Waals surface area contributed by atoms with Crippen molar-refractivity contribution in [2.75, 3.05) is 12.4 Å². The number of rotatable bonds is 6. The van der Waals surface area contributed by atoms with Gasteiger partial charge in [-0.25, -0.2) is 4.79 Å². The van der Waals surface area contributed by atoms with E-state index in [9.17, 15) is 4.79 Å². The van der Waals surface area contributed by atoms with Crippen molar-refractivity contribution in [3.63, 3.8) is 0 Å². The van der Waals surface area contributed by atoms with E-state index in [1.807, 2.05) is 24.3 Å². The Morgan fingerprint density at radius 3 is 2.65 bits per heavy atom. The van der Waals surface area contributed by atoms with Gasteiger partial charge < -0.3 is 15.2 Å². The Morgan fingerprint density at radius 2 is 1.90 bits per heavy atom. The average molecular weight is 271 g/mol. The van der Waals surface area contributed by atoms with Gasteiger partial charge in [0.2, 0.25) is 0 Å². The van der Waals surface area contributed by atoms with E-state index in [0.717, 1.165) is 16.8 Å². The molecule has 4 heteroatoms. The minimum absolute atomic E-state index is 0.281. The molecule has 2 N–H and O–H groups in total. The molecule has 0 atom stereocenters. The zero-order chi connectivity index (χ0) is 14.4. The topological polar surface area (TPSA) is 58.6 Å². The van der Waals surface area contributed by atoms with Gasteiger partial charge in [-0.05, 0) is 29.3 Å². The largest absolute Gasteiger partial charge is 0.478 e. The Balaban J connectivity index is 2.03. The van der Waals surface area contributed by atoms with Gasteiger partial charge in [0.15, 0.2) is 0 Å². The molecule has 0 unspecified atom stereocenters. The lowest BCUT2D eigenvalue weighted by Crippen LogP contribution is -2.02. The van der Waals surface area contributed by atoms with Gasteiger partial charge in [0, 0.05) is 19.3 Å². The normalized spacial score (nSPS) is 10.2. The van der Waals surface area contributed by atoms with Crippen molar-refractivity contribution >= 4 is 11.7 Å². The third-order valence-electron chi connectivity index (χ3n) is 2.91. The average Bonchev–Trinajstić information content (AvgIpc) is 2.46. The summed E-state index contributed by atoms with van der Waals surface area (Å²) in [5.74, 6) is -0.921. The van der Waals surface area contributed by atoms with Crippen LogP contribution in [-0.4, -0.2) is 18.2 Å². The van der Waals surface area contributed by atoms with Crippen LogP contribution in [0.4, 0.5) is 5.69 Å². The lowest BCUT2D eigenvalue weighted by Gasteiger charge is -2.08. The van der Waals surface area contributed by atoms with Crippen molar-refractivity contribution in [3.05, 3.63) is 65.2 Å². The zero-order valence-corrected chi connectivity index (χ0v) is 11.3. The van der Waals surface area contributed by atoms with E-state index in [4.69, 9.17) is 9.84 Å². The first-order chi connectivity index (χ1) is 9.69. The Hall–Kier alpha value is -2.33. The second-order valence-electron chi connectivity index (χ2n) is 4.49. The fourth-order valence-electron chi connectivity index (χ4n) is 1.96. The predicted octanol–water partition coefficient (Wildman–Crippen LogP) is 3.14. The van der Waals surface area contributed by atoms with Crippen LogP contribution in [0.25, 0.3) is 0 Å². The Bertz CT molecular complexity index is 596. The van der Waals surface area contributed by atoms with Crippen molar-refractivity contribution < 1.29 is 14.6 Å². The first kappa shape index (κ1) is 14.1. The maximum Gasteiger partial charge on any atom is 0.335 e. The molecule has 4 nitrogen and oxygen atoms in total. The molecule has 2 rings (SSSR count). The van der Waals surface area contributed by atoms with E-state index in [-0.39, 0.29) is 5.56 Å². The van der Waals surface area contributed by atoms with Crippen LogP contribution in [0.2, 0.25) is 0 Å². The number of benzene rings is 2. The fourth-order valence-corrected chi connectivity index (χ4v) is 1.96. The van der Waals surface area contributed by atoms with Gasteiger partial charge in [-0.2, -0.15) is 0 Å². The monoisotopic (exact) mass is 271 g/mol. The summed E-state index contributed by atoms with van der Waals surface area (Å²) in [5, 5.41) is 12.2. The summed E-state index contributed by atoms with van der Waals surface area (Å²) in [5.41, 5.74) is 3.32. The molecule has 0 aliphatic heterocycles. The van der Waals surface area contributed by atoms with E-state index in [1.165, 1.54) is 0 Å². The van der Waals surface area contributed by atoms with Crippen molar-refractivity contribution in [3.8, 4) is 0 Å². The van der Waals surface area contributed by atoms with Crippen LogP contribution in [0, 0.1) is 0 Å². The Morgan fingerprint density at radius 1 is 1.15 bits per heavy atom. The van der Waals surface area contributed by atoms with E-state index in [0.29, 0.717) is 13.2 Å². The number of aromatic carboxylic acids is 1. The van der Waals surface area contributed by atoms with Gasteiger partial charge in [0.25, 0.3) is 0 Å². The van der Waals surface area contributed by atoms with E-state index < -0.39 is 5.97 Å². The molecule has 0 spiro atoms. The fraction of sp³-hybridized carbons (Fsp3) is 0.188. The molecule has 2 aromatic carbocycles. The van der Waals surface area contributed by atoms with Crippen LogP contribution in [0.15, 0.2) is 48.5 Å². The molecule has 0 aliphatic carbocycles. The summed E-state index contributed by atoms with van der Waals surface area (Å²) in [6, 6.07) is 14.9. The molecular formula is C16H17NO3. The highest BCUT2D eigenvalue weighted by Gasteiger charge is 2.03. The smallest absolute Gasteiger partial charge is 0.335 e. The number of nitrogens with one attached hydrogen (secondary N) is 1. The molecule has 0 heterocycles. The van der Waals surface area contributed by atoms with Gasteiger partial charge in [-0.15, -0.1) is 0 Å². The molecule has 2 aromatic rings. The van der Waals surface area contributed by atoms with Crippen molar-refractivity contribution in [1.29, 1.82) is 0 Å². The maximum atomic E-state index is 10.9. The first-order valence-electron chi connectivity index (χ1n) is 6.33. The third kappa shape index (κ3) is 3.83. The number of anilines is 1. The molecule has 0 amide bonds. The number of carbonyl (C=O) groups is 1. The molecule has 0 radical (unpaired) electrons. The number of carboxylic acid groups (broad SMARTS) is 1. The van der Waals surface area contributed by atoms with Gasteiger partial charge >= 0.3 is 5.97 Å². The van der Waals surface area contributed by atoms with Crippen LogP contribution < -0.4 is 5.32 Å². The van der Waals surface area contributed by atoms with Gasteiger partial charge in [0.1, 0.15) is 0 Å². The molecule has 0 saturated heterocycles. The lowest BCUT2D eigenvalue weighted by molar-refractivity contribution is 0.0697. The van der Waals surface area contributed by atoms with Crippen molar-refractivity contribution in [2.24, 2.45) is 0 Å². The number of ether oxygens (including phenoxy) is 1. The summed E-state index contributed by atoms with van der Waals surface area (Å²) in [4.78, 5) is 10.9. The van der Waals surface area contributed by atoms with Gasteiger partial charge in [-0.1, -0.05) is 30.3 Å². The standard InChI is InChI=1S/C16H17NO3/c1-20-11-13-5-2-4-12(8-13)10-17-15-7-3-6-14(9-15)16(18)19/h2-9,17H,10-11H2,1H3,(H,18,19). The summed E-state index contributed by atoms with van der Waals surface area (Å²) in [6.45, 7) is 1.23. The van der Waals surface area contributed by atoms with E-state index in [1.54, 1.807) is 25.3 Å². The number of hydrogen-bond donors (Lipinski definition) is 2. The second kappa shape index (κ2) is 6.73. The predicted molar refractivity (Wildman–Crippen MR) is 77.9 cm³/mol. The van der Waals surface area contributed by atoms with Gasteiger partial charge in [0.05, 0.1) is 12.2 Å². The Kier molecular flexibility index (Phi) is 4.74. The zero-order valence-electron chi connectivity index (χ0n) is 11.3.